The van der Waals surface area contributed by atoms with Crippen molar-refractivity contribution in [3.05, 3.63) is 65.1 Å². The highest BCUT2D eigenvalue weighted by Gasteiger charge is 2.23. The van der Waals surface area contributed by atoms with E-state index in [0.717, 1.165) is 42.4 Å². The molecular formula is C19H20FNO. The molecule has 3 rings (SSSR count). The zero-order chi connectivity index (χ0) is 15.5. The fourth-order valence-corrected chi connectivity index (χ4v) is 3.14. The monoisotopic (exact) mass is 297 g/mol. The van der Waals surface area contributed by atoms with Crippen LogP contribution in [0.25, 0.3) is 5.57 Å². The Morgan fingerprint density at radius 1 is 1.09 bits per heavy atom. The summed E-state index contributed by atoms with van der Waals surface area (Å²) in [4.78, 5) is 12.4. The van der Waals surface area contributed by atoms with Gasteiger partial charge in [-0.3, -0.25) is 4.79 Å². The van der Waals surface area contributed by atoms with Crippen LogP contribution in [0.5, 0.6) is 0 Å². The lowest BCUT2D eigenvalue weighted by Crippen LogP contribution is -2.10. The number of allylic oxidation sites excluding steroid dienone is 5. The number of nitrogens with two attached hydrogens (primary N) is 1. The molecule has 2 aliphatic rings. The second-order valence-corrected chi connectivity index (χ2v) is 5.97. The van der Waals surface area contributed by atoms with Crippen molar-refractivity contribution in [1.29, 1.82) is 0 Å². The van der Waals surface area contributed by atoms with Gasteiger partial charge in [-0.2, -0.15) is 0 Å². The molecule has 1 fully saturated rings. The van der Waals surface area contributed by atoms with Gasteiger partial charge in [-0.1, -0.05) is 49.3 Å². The van der Waals surface area contributed by atoms with E-state index in [1.54, 1.807) is 6.08 Å². The molecule has 0 spiro atoms. The fourth-order valence-electron chi connectivity index (χ4n) is 3.14. The van der Waals surface area contributed by atoms with Gasteiger partial charge in [0.05, 0.1) is 5.70 Å². The summed E-state index contributed by atoms with van der Waals surface area (Å²) >= 11 is 0. The van der Waals surface area contributed by atoms with Crippen LogP contribution in [0.1, 0.15) is 48.0 Å². The zero-order valence-corrected chi connectivity index (χ0v) is 12.5. The largest absolute Gasteiger partial charge is 0.397 e. The van der Waals surface area contributed by atoms with E-state index in [9.17, 15) is 9.18 Å². The van der Waals surface area contributed by atoms with Gasteiger partial charge in [0.15, 0.2) is 5.78 Å². The third kappa shape index (κ3) is 3.03. The Labute approximate surface area is 130 Å². The van der Waals surface area contributed by atoms with Gasteiger partial charge in [-0.25, -0.2) is 4.39 Å². The number of halogens is 1. The van der Waals surface area contributed by atoms with Crippen LogP contribution in [0.2, 0.25) is 0 Å². The van der Waals surface area contributed by atoms with Crippen molar-refractivity contribution in [2.45, 2.75) is 32.1 Å². The van der Waals surface area contributed by atoms with Gasteiger partial charge < -0.3 is 5.73 Å². The van der Waals surface area contributed by atoms with E-state index >= 15 is 0 Å². The molecule has 2 aliphatic carbocycles. The Morgan fingerprint density at radius 3 is 2.45 bits per heavy atom. The fraction of sp³-hybridized carbons (Fsp3) is 0.316. The number of carbonyl (C=O) groups is 1. The predicted octanol–water partition coefficient (Wildman–Crippen LogP) is 4.54. The molecule has 114 valence electrons. The number of ketones is 1. The molecule has 22 heavy (non-hydrogen) atoms. The molecule has 0 aliphatic heterocycles. The minimum atomic E-state index is -0.408. The first-order chi connectivity index (χ1) is 10.6. The molecule has 1 aromatic carbocycles. The Bertz CT molecular complexity index is 661. The first-order valence-corrected chi connectivity index (χ1v) is 7.83. The molecule has 1 saturated carbocycles. The van der Waals surface area contributed by atoms with Crippen molar-refractivity contribution in [2.24, 2.45) is 11.7 Å². The summed E-state index contributed by atoms with van der Waals surface area (Å²) in [6, 6.07) is 7.48. The molecule has 0 radical (unpaired) electrons. The van der Waals surface area contributed by atoms with Crippen LogP contribution in [0.3, 0.4) is 0 Å². The number of Topliss-reactive ketones (excluding diaryl/α,β-unsaturated/α-hetero) is 1. The first-order valence-electron chi connectivity index (χ1n) is 7.83. The summed E-state index contributed by atoms with van der Waals surface area (Å²) in [6.07, 6.45) is 9.97. The highest BCUT2D eigenvalue weighted by molar-refractivity contribution is 5.98. The summed E-state index contributed by atoms with van der Waals surface area (Å²) in [5.41, 5.74) is 8.23. The highest BCUT2D eigenvalue weighted by atomic mass is 19.1. The molecule has 3 heteroatoms. The van der Waals surface area contributed by atoms with Crippen LogP contribution in [-0.4, -0.2) is 5.78 Å². The SMILES string of the molecule is NC1=CCC=C(c2ccc(C(=O)C3CCCC3)cc2)C=C1F. The standard InChI is InChI=1S/C19H20FNO/c20-17-12-16(6-3-7-18(17)21)13-8-10-15(11-9-13)19(22)14-4-1-2-5-14/h6-12,14H,1-5,21H2. The minimum Gasteiger partial charge on any atom is -0.397 e. The van der Waals surface area contributed by atoms with Crippen LogP contribution in [0, 0.1) is 5.92 Å². The lowest BCUT2D eigenvalue weighted by molar-refractivity contribution is 0.0923. The average Bonchev–Trinajstić information content (AvgIpc) is 3.02. The molecule has 1 aromatic rings. The van der Waals surface area contributed by atoms with Gasteiger partial charge in [0.25, 0.3) is 0 Å². The maximum Gasteiger partial charge on any atom is 0.165 e. The molecule has 0 atom stereocenters. The van der Waals surface area contributed by atoms with E-state index in [4.69, 9.17) is 5.73 Å². The number of carbonyl (C=O) groups excluding carboxylic acids is 1. The second kappa shape index (κ2) is 6.30. The van der Waals surface area contributed by atoms with Gasteiger partial charge in [0, 0.05) is 11.5 Å². The Morgan fingerprint density at radius 2 is 1.77 bits per heavy atom. The Hall–Kier alpha value is -2.16. The van der Waals surface area contributed by atoms with Crippen LogP contribution in [-0.2, 0) is 0 Å². The molecule has 0 heterocycles. The molecule has 2 N–H and O–H groups in total. The van der Waals surface area contributed by atoms with Gasteiger partial charge in [0.2, 0.25) is 0 Å². The molecule has 0 aromatic heterocycles. The summed E-state index contributed by atoms with van der Waals surface area (Å²) in [5.74, 6) is 0.0191. The number of rotatable bonds is 3. The Balaban J connectivity index is 1.80. The van der Waals surface area contributed by atoms with Crippen molar-refractivity contribution >= 4 is 11.4 Å². The molecule has 0 unspecified atom stereocenters. The quantitative estimate of drug-likeness (QED) is 0.832. The number of hydrogen-bond acceptors (Lipinski definition) is 2. The van der Waals surface area contributed by atoms with Crippen LogP contribution < -0.4 is 5.73 Å². The molecule has 2 nitrogen and oxygen atoms in total. The number of benzene rings is 1. The van der Waals surface area contributed by atoms with E-state index in [0.29, 0.717) is 6.42 Å². The summed E-state index contributed by atoms with van der Waals surface area (Å²) in [7, 11) is 0. The third-order valence-corrected chi connectivity index (χ3v) is 4.46. The van der Waals surface area contributed by atoms with Crippen LogP contribution >= 0.6 is 0 Å². The van der Waals surface area contributed by atoms with Crippen LogP contribution in [0.15, 0.2) is 54.0 Å². The van der Waals surface area contributed by atoms with Crippen molar-refractivity contribution in [3.63, 3.8) is 0 Å². The van der Waals surface area contributed by atoms with Gasteiger partial charge in [0.1, 0.15) is 5.83 Å². The molecule has 0 amide bonds. The van der Waals surface area contributed by atoms with Crippen molar-refractivity contribution in [3.8, 4) is 0 Å². The lowest BCUT2D eigenvalue weighted by atomic mass is 9.94. The summed E-state index contributed by atoms with van der Waals surface area (Å²) in [6.45, 7) is 0. The smallest absolute Gasteiger partial charge is 0.165 e. The minimum absolute atomic E-state index is 0.180. The third-order valence-electron chi connectivity index (χ3n) is 4.46. The normalized spacial score (nSPS) is 19.2. The second-order valence-electron chi connectivity index (χ2n) is 5.97. The average molecular weight is 297 g/mol. The van der Waals surface area contributed by atoms with Gasteiger partial charge in [-0.15, -0.1) is 0 Å². The first kappa shape index (κ1) is 14.8. The highest BCUT2D eigenvalue weighted by Crippen LogP contribution is 2.29. The lowest BCUT2D eigenvalue weighted by Gasteiger charge is -2.09. The van der Waals surface area contributed by atoms with Crippen molar-refractivity contribution in [2.75, 3.05) is 0 Å². The number of hydrogen-bond donors (Lipinski definition) is 1. The van der Waals surface area contributed by atoms with Gasteiger partial charge in [-0.05, 0) is 36.5 Å². The summed E-state index contributed by atoms with van der Waals surface area (Å²) in [5, 5.41) is 0. The van der Waals surface area contributed by atoms with Crippen LogP contribution in [0.4, 0.5) is 4.39 Å². The maximum atomic E-state index is 13.8. The van der Waals surface area contributed by atoms with Crippen molar-refractivity contribution < 1.29 is 9.18 Å². The topological polar surface area (TPSA) is 43.1 Å². The molecule has 0 bridgehead atoms. The van der Waals surface area contributed by atoms with Crippen molar-refractivity contribution in [1.82, 2.24) is 0 Å². The van der Waals surface area contributed by atoms with E-state index < -0.39 is 5.83 Å². The Kier molecular flexibility index (Phi) is 4.23. The zero-order valence-electron chi connectivity index (χ0n) is 12.5. The molecule has 0 saturated heterocycles. The maximum absolute atomic E-state index is 13.8. The van der Waals surface area contributed by atoms with E-state index in [1.165, 1.54) is 6.08 Å². The van der Waals surface area contributed by atoms with E-state index in [-0.39, 0.29) is 17.4 Å². The van der Waals surface area contributed by atoms with E-state index in [2.05, 4.69) is 0 Å². The molecular weight excluding hydrogens is 277 g/mol. The van der Waals surface area contributed by atoms with E-state index in [1.807, 2.05) is 30.3 Å². The predicted molar refractivity (Wildman–Crippen MR) is 86.8 cm³/mol. The van der Waals surface area contributed by atoms with Gasteiger partial charge >= 0.3 is 0 Å². The summed E-state index contributed by atoms with van der Waals surface area (Å²) < 4.78 is 13.8.